The minimum atomic E-state index is 0.0562. The molecule has 1 aliphatic rings. The standard InChI is InChI=1S/C16H12O2/c17-16-13(10-12-6-2-1-3-7-12)11-18-15-9-5-4-8-14(15)16/h1-10H,11H2/b13-10-. The number of carbonyl (C=O) groups excluding carboxylic acids is 1. The molecule has 0 fully saturated rings. The summed E-state index contributed by atoms with van der Waals surface area (Å²) in [7, 11) is 0. The van der Waals surface area contributed by atoms with E-state index in [2.05, 4.69) is 0 Å². The van der Waals surface area contributed by atoms with Crippen LogP contribution in [0, 0.1) is 0 Å². The van der Waals surface area contributed by atoms with Crippen molar-refractivity contribution in [3.05, 3.63) is 71.3 Å². The molecule has 1 heterocycles. The minimum Gasteiger partial charge on any atom is -0.488 e. The average Bonchev–Trinajstić information content (AvgIpc) is 2.43. The lowest BCUT2D eigenvalue weighted by Gasteiger charge is -2.18. The number of ketones is 1. The number of fused-ring (bicyclic) bond motifs is 1. The Balaban J connectivity index is 1.98. The summed E-state index contributed by atoms with van der Waals surface area (Å²) in [5.74, 6) is 0.730. The van der Waals surface area contributed by atoms with Crippen LogP contribution in [-0.4, -0.2) is 12.4 Å². The Morgan fingerprint density at radius 2 is 1.67 bits per heavy atom. The number of hydrogen-bond acceptors (Lipinski definition) is 2. The van der Waals surface area contributed by atoms with Gasteiger partial charge in [0, 0.05) is 5.57 Å². The molecule has 0 atom stereocenters. The lowest BCUT2D eigenvalue weighted by Crippen LogP contribution is -2.18. The fourth-order valence-electron chi connectivity index (χ4n) is 2.03. The van der Waals surface area contributed by atoms with Gasteiger partial charge in [0.15, 0.2) is 5.78 Å². The molecule has 2 aromatic carbocycles. The van der Waals surface area contributed by atoms with Crippen LogP contribution >= 0.6 is 0 Å². The van der Waals surface area contributed by atoms with E-state index >= 15 is 0 Å². The third-order valence-electron chi connectivity index (χ3n) is 2.95. The van der Waals surface area contributed by atoms with Crippen molar-refractivity contribution in [2.45, 2.75) is 0 Å². The third kappa shape index (κ3) is 1.93. The van der Waals surface area contributed by atoms with E-state index in [-0.39, 0.29) is 5.78 Å². The molecule has 1 aliphatic heterocycles. The molecule has 0 amide bonds. The second-order valence-electron chi connectivity index (χ2n) is 4.19. The molecule has 0 saturated carbocycles. The Morgan fingerprint density at radius 1 is 0.944 bits per heavy atom. The van der Waals surface area contributed by atoms with E-state index in [1.807, 2.05) is 54.6 Å². The SMILES string of the molecule is O=C1/C(=C\c2ccccc2)COc2ccccc21. The molecule has 0 saturated heterocycles. The van der Waals surface area contributed by atoms with E-state index in [0.29, 0.717) is 23.5 Å². The fraction of sp³-hybridized carbons (Fsp3) is 0.0625. The summed E-state index contributed by atoms with van der Waals surface area (Å²) in [5, 5.41) is 0. The van der Waals surface area contributed by atoms with Gasteiger partial charge in [-0.3, -0.25) is 4.79 Å². The van der Waals surface area contributed by atoms with Crippen LogP contribution in [0.5, 0.6) is 5.75 Å². The van der Waals surface area contributed by atoms with Crippen molar-refractivity contribution >= 4 is 11.9 Å². The van der Waals surface area contributed by atoms with Gasteiger partial charge in [-0.15, -0.1) is 0 Å². The molecule has 0 bridgehead atoms. The summed E-state index contributed by atoms with van der Waals surface area (Å²) in [6.45, 7) is 0.338. The third-order valence-corrected chi connectivity index (χ3v) is 2.95. The van der Waals surface area contributed by atoms with Gasteiger partial charge in [0.05, 0.1) is 5.56 Å². The van der Waals surface area contributed by atoms with Crippen molar-refractivity contribution in [1.82, 2.24) is 0 Å². The van der Waals surface area contributed by atoms with E-state index in [1.54, 1.807) is 6.07 Å². The summed E-state index contributed by atoms with van der Waals surface area (Å²) in [5.41, 5.74) is 2.36. The van der Waals surface area contributed by atoms with Crippen LogP contribution in [0.3, 0.4) is 0 Å². The van der Waals surface area contributed by atoms with Gasteiger partial charge in [-0.05, 0) is 23.8 Å². The van der Waals surface area contributed by atoms with Crippen LogP contribution in [-0.2, 0) is 0 Å². The second kappa shape index (κ2) is 4.49. The highest BCUT2D eigenvalue weighted by Gasteiger charge is 2.22. The molecular formula is C16H12O2. The molecule has 3 rings (SSSR count). The number of rotatable bonds is 1. The van der Waals surface area contributed by atoms with Gasteiger partial charge in [-0.25, -0.2) is 0 Å². The van der Waals surface area contributed by atoms with Crippen LogP contribution in [0.1, 0.15) is 15.9 Å². The zero-order valence-corrected chi connectivity index (χ0v) is 9.80. The lowest BCUT2D eigenvalue weighted by atomic mass is 9.98. The number of para-hydroxylation sites is 1. The first-order chi connectivity index (χ1) is 8.84. The second-order valence-corrected chi connectivity index (χ2v) is 4.19. The number of hydrogen-bond donors (Lipinski definition) is 0. The number of Topliss-reactive ketones (excluding diaryl/α,β-unsaturated/α-hetero) is 1. The van der Waals surface area contributed by atoms with Crippen molar-refractivity contribution < 1.29 is 9.53 Å². The smallest absolute Gasteiger partial charge is 0.196 e. The molecule has 0 N–H and O–H groups in total. The Morgan fingerprint density at radius 3 is 2.50 bits per heavy atom. The normalized spacial score (nSPS) is 16.2. The largest absolute Gasteiger partial charge is 0.488 e. The molecule has 88 valence electrons. The predicted molar refractivity (Wildman–Crippen MR) is 70.7 cm³/mol. The first-order valence-corrected chi connectivity index (χ1v) is 5.87. The Labute approximate surface area is 106 Å². The van der Waals surface area contributed by atoms with Crippen LogP contribution in [0.4, 0.5) is 0 Å². The summed E-state index contributed by atoms with van der Waals surface area (Å²) >= 11 is 0. The van der Waals surface area contributed by atoms with E-state index < -0.39 is 0 Å². The average molecular weight is 236 g/mol. The molecule has 0 spiro atoms. The monoisotopic (exact) mass is 236 g/mol. The van der Waals surface area contributed by atoms with Gasteiger partial charge in [0.1, 0.15) is 12.4 Å². The predicted octanol–water partition coefficient (Wildman–Crippen LogP) is 3.35. The van der Waals surface area contributed by atoms with E-state index in [9.17, 15) is 4.79 Å². The number of benzene rings is 2. The van der Waals surface area contributed by atoms with Gasteiger partial charge in [0.25, 0.3) is 0 Å². The van der Waals surface area contributed by atoms with Crippen molar-refractivity contribution in [3.63, 3.8) is 0 Å². The quantitative estimate of drug-likeness (QED) is 0.710. The fourth-order valence-corrected chi connectivity index (χ4v) is 2.03. The van der Waals surface area contributed by atoms with Gasteiger partial charge in [-0.2, -0.15) is 0 Å². The van der Waals surface area contributed by atoms with Gasteiger partial charge in [-0.1, -0.05) is 42.5 Å². The van der Waals surface area contributed by atoms with E-state index in [4.69, 9.17) is 4.74 Å². The lowest BCUT2D eigenvalue weighted by molar-refractivity contribution is 0.100. The van der Waals surface area contributed by atoms with Gasteiger partial charge in [0.2, 0.25) is 0 Å². The minimum absolute atomic E-state index is 0.0562. The molecule has 0 aromatic heterocycles. The summed E-state index contributed by atoms with van der Waals surface area (Å²) in [6, 6.07) is 17.2. The van der Waals surface area contributed by atoms with E-state index in [0.717, 1.165) is 5.56 Å². The van der Waals surface area contributed by atoms with Crippen LogP contribution in [0.25, 0.3) is 6.08 Å². The van der Waals surface area contributed by atoms with Gasteiger partial charge < -0.3 is 4.74 Å². The molecule has 2 aromatic rings. The zero-order valence-electron chi connectivity index (χ0n) is 9.80. The Bertz CT molecular complexity index is 612. The topological polar surface area (TPSA) is 26.3 Å². The zero-order chi connectivity index (χ0) is 12.4. The molecule has 0 unspecified atom stereocenters. The summed E-state index contributed by atoms with van der Waals surface area (Å²) < 4.78 is 5.59. The molecule has 2 heteroatoms. The first kappa shape index (κ1) is 10.8. The highest BCUT2D eigenvalue weighted by Crippen LogP contribution is 2.27. The number of ether oxygens (including phenoxy) is 1. The van der Waals surface area contributed by atoms with Crippen LogP contribution < -0.4 is 4.74 Å². The first-order valence-electron chi connectivity index (χ1n) is 5.87. The molecule has 0 radical (unpaired) electrons. The van der Waals surface area contributed by atoms with Crippen LogP contribution in [0.15, 0.2) is 60.2 Å². The van der Waals surface area contributed by atoms with Gasteiger partial charge >= 0.3 is 0 Å². The van der Waals surface area contributed by atoms with Crippen molar-refractivity contribution in [1.29, 1.82) is 0 Å². The molecular weight excluding hydrogens is 224 g/mol. The summed E-state index contributed by atoms with van der Waals surface area (Å²) in [6.07, 6.45) is 1.89. The highest BCUT2D eigenvalue weighted by molar-refractivity contribution is 6.14. The van der Waals surface area contributed by atoms with Crippen molar-refractivity contribution in [3.8, 4) is 5.75 Å². The molecule has 0 aliphatic carbocycles. The molecule has 2 nitrogen and oxygen atoms in total. The maximum Gasteiger partial charge on any atom is 0.196 e. The Kier molecular flexibility index (Phi) is 2.69. The van der Waals surface area contributed by atoms with Crippen LogP contribution in [0.2, 0.25) is 0 Å². The molecule has 18 heavy (non-hydrogen) atoms. The van der Waals surface area contributed by atoms with E-state index in [1.165, 1.54) is 0 Å². The number of carbonyl (C=O) groups is 1. The maximum absolute atomic E-state index is 12.3. The van der Waals surface area contributed by atoms with Crippen molar-refractivity contribution in [2.75, 3.05) is 6.61 Å². The Hall–Kier alpha value is -2.35. The van der Waals surface area contributed by atoms with Crippen molar-refractivity contribution in [2.24, 2.45) is 0 Å². The summed E-state index contributed by atoms with van der Waals surface area (Å²) in [4.78, 5) is 12.3. The maximum atomic E-state index is 12.3. The highest BCUT2D eigenvalue weighted by atomic mass is 16.5.